The highest BCUT2D eigenvalue weighted by molar-refractivity contribution is 5.72. The SMILES string of the molecule is COc1cc(C(C)(C)F)c(OC)cc1-c1cc(N)on1. The van der Waals surface area contributed by atoms with Crippen molar-refractivity contribution in [2.75, 3.05) is 20.0 Å². The highest BCUT2D eigenvalue weighted by atomic mass is 19.1. The van der Waals surface area contributed by atoms with Crippen LogP contribution in [0.4, 0.5) is 10.3 Å². The van der Waals surface area contributed by atoms with Gasteiger partial charge in [0.25, 0.3) is 0 Å². The van der Waals surface area contributed by atoms with Gasteiger partial charge in [-0.3, -0.25) is 0 Å². The standard InChI is InChI=1S/C14H17FN2O3/c1-14(2,15)9-6-11(18-3)8(5-12(9)19-4)10-7-13(16)20-17-10/h5-7H,16H2,1-4H3. The molecule has 5 nitrogen and oxygen atoms in total. The lowest BCUT2D eigenvalue weighted by Crippen LogP contribution is -2.11. The predicted octanol–water partition coefficient (Wildman–Crippen LogP) is 3.15. The summed E-state index contributed by atoms with van der Waals surface area (Å²) in [5, 5.41) is 3.83. The summed E-state index contributed by atoms with van der Waals surface area (Å²) >= 11 is 0. The third-order valence-corrected chi connectivity index (χ3v) is 2.97. The molecule has 0 aliphatic heterocycles. The number of methoxy groups -OCH3 is 2. The normalized spacial score (nSPS) is 11.4. The van der Waals surface area contributed by atoms with E-state index in [2.05, 4.69) is 5.16 Å². The first-order chi connectivity index (χ1) is 9.36. The van der Waals surface area contributed by atoms with E-state index in [0.717, 1.165) is 0 Å². The van der Waals surface area contributed by atoms with E-state index in [1.807, 2.05) is 0 Å². The maximum atomic E-state index is 14.2. The first-order valence-corrected chi connectivity index (χ1v) is 6.04. The molecule has 20 heavy (non-hydrogen) atoms. The minimum Gasteiger partial charge on any atom is -0.496 e. The lowest BCUT2D eigenvalue weighted by atomic mass is 9.96. The van der Waals surface area contributed by atoms with Crippen molar-refractivity contribution in [3.8, 4) is 22.8 Å². The summed E-state index contributed by atoms with van der Waals surface area (Å²) in [5.41, 5.74) is 5.48. The molecule has 2 N–H and O–H groups in total. The fraction of sp³-hybridized carbons (Fsp3) is 0.357. The summed E-state index contributed by atoms with van der Waals surface area (Å²) in [7, 11) is 2.99. The Labute approximate surface area is 116 Å². The van der Waals surface area contributed by atoms with E-state index >= 15 is 0 Å². The molecule has 2 aromatic rings. The molecule has 6 heteroatoms. The van der Waals surface area contributed by atoms with Gasteiger partial charge in [-0.05, 0) is 26.0 Å². The van der Waals surface area contributed by atoms with Crippen molar-refractivity contribution in [1.29, 1.82) is 0 Å². The van der Waals surface area contributed by atoms with Gasteiger partial charge in [0.2, 0.25) is 5.88 Å². The third-order valence-electron chi connectivity index (χ3n) is 2.97. The number of nitrogens with zero attached hydrogens (tertiary/aromatic N) is 1. The van der Waals surface area contributed by atoms with Crippen LogP contribution in [0, 0.1) is 0 Å². The van der Waals surface area contributed by atoms with E-state index in [1.165, 1.54) is 28.1 Å². The Hall–Kier alpha value is -2.24. The molecule has 0 amide bonds. The minimum absolute atomic E-state index is 0.191. The lowest BCUT2D eigenvalue weighted by molar-refractivity contribution is 0.212. The molecule has 1 heterocycles. The van der Waals surface area contributed by atoms with Crippen molar-refractivity contribution in [3.05, 3.63) is 23.8 Å². The zero-order valence-electron chi connectivity index (χ0n) is 11.9. The Morgan fingerprint density at radius 2 is 1.80 bits per heavy atom. The Bertz CT molecular complexity index is 617. The monoisotopic (exact) mass is 280 g/mol. The van der Waals surface area contributed by atoms with Gasteiger partial charge < -0.3 is 19.7 Å². The molecule has 1 aromatic heterocycles. The van der Waals surface area contributed by atoms with Gasteiger partial charge in [0.15, 0.2) is 0 Å². The average molecular weight is 280 g/mol. The van der Waals surface area contributed by atoms with Crippen molar-refractivity contribution < 1.29 is 18.4 Å². The molecule has 0 unspecified atom stereocenters. The summed E-state index contributed by atoms with van der Waals surface area (Å²) < 4.78 is 29.6. The van der Waals surface area contributed by atoms with Crippen molar-refractivity contribution in [2.24, 2.45) is 0 Å². The van der Waals surface area contributed by atoms with Crippen LogP contribution in [0.3, 0.4) is 0 Å². The van der Waals surface area contributed by atoms with Crippen LogP contribution in [-0.2, 0) is 5.67 Å². The summed E-state index contributed by atoms with van der Waals surface area (Å²) in [4.78, 5) is 0. The third kappa shape index (κ3) is 2.54. The molecule has 0 spiro atoms. The van der Waals surface area contributed by atoms with Crippen LogP contribution in [-0.4, -0.2) is 19.4 Å². The second kappa shape index (κ2) is 5.03. The number of benzene rings is 1. The number of hydrogen-bond acceptors (Lipinski definition) is 5. The van der Waals surface area contributed by atoms with Crippen molar-refractivity contribution in [2.45, 2.75) is 19.5 Å². The Balaban J connectivity index is 2.64. The number of alkyl halides is 1. The maximum Gasteiger partial charge on any atom is 0.222 e. The number of rotatable bonds is 4. The van der Waals surface area contributed by atoms with Crippen LogP contribution in [0.15, 0.2) is 22.7 Å². The van der Waals surface area contributed by atoms with E-state index < -0.39 is 5.67 Å². The van der Waals surface area contributed by atoms with Gasteiger partial charge in [-0.1, -0.05) is 5.16 Å². The van der Waals surface area contributed by atoms with Crippen molar-refractivity contribution >= 4 is 5.88 Å². The molecule has 1 aromatic carbocycles. The van der Waals surface area contributed by atoms with Crippen LogP contribution in [0.1, 0.15) is 19.4 Å². The second-order valence-electron chi connectivity index (χ2n) is 4.84. The lowest BCUT2D eigenvalue weighted by Gasteiger charge is -2.20. The molecule has 0 saturated carbocycles. The van der Waals surface area contributed by atoms with E-state index in [0.29, 0.717) is 28.3 Å². The fourth-order valence-corrected chi connectivity index (χ4v) is 1.98. The van der Waals surface area contributed by atoms with Gasteiger partial charge in [-0.15, -0.1) is 0 Å². The van der Waals surface area contributed by atoms with Gasteiger partial charge in [0.1, 0.15) is 22.9 Å². The van der Waals surface area contributed by atoms with E-state index in [4.69, 9.17) is 19.7 Å². The van der Waals surface area contributed by atoms with Crippen LogP contribution < -0.4 is 15.2 Å². The fourth-order valence-electron chi connectivity index (χ4n) is 1.98. The summed E-state index contributed by atoms with van der Waals surface area (Å²) in [6.07, 6.45) is 0. The largest absolute Gasteiger partial charge is 0.496 e. The number of hydrogen-bond donors (Lipinski definition) is 1. The number of aromatic nitrogens is 1. The molecule has 0 fully saturated rings. The minimum atomic E-state index is -1.56. The number of nitrogen functional groups attached to an aromatic ring is 1. The second-order valence-corrected chi connectivity index (χ2v) is 4.84. The van der Waals surface area contributed by atoms with Crippen LogP contribution >= 0.6 is 0 Å². The quantitative estimate of drug-likeness (QED) is 0.931. The summed E-state index contributed by atoms with van der Waals surface area (Å²) in [5.74, 6) is 1.07. The van der Waals surface area contributed by atoms with Gasteiger partial charge in [0.05, 0.1) is 14.2 Å². The van der Waals surface area contributed by atoms with Gasteiger partial charge in [-0.25, -0.2) is 4.39 Å². The molecule has 0 aliphatic rings. The molecule has 0 saturated heterocycles. The zero-order valence-corrected chi connectivity index (χ0v) is 11.9. The predicted molar refractivity (Wildman–Crippen MR) is 73.6 cm³/mol. The number of anilines is 1. The van der Waals surface area contributed by atoms with E-state index in [1.54, 1.807) is 18.2 Å². The Morgan fingerprint density at radius 3 is 2.25 bits per heavy atom. The highest BCUT2D eigenvalue weighted by Crippen LogP contribution is 2.41. The van der Waals surface area contributed by atoms with E-state index in [9.17, 15) is 4.39 Å². The van der Waals surface area contributed by atoms with Gasteiger partial charge in [-0.2, -0.15) is 0 Å². The molecule has 2 rings (SSSR count). The van der Waals surface area contributed by atoms with Crippen molar-refractivity contribution in [3.63, 3.8) is 0 Å². The summed E-state index contributed by atoms with van der Waals surface area (Å²) in [6.45, 7) is 2.91. The number of nitrogens with two attached hydrogens (primary N) is 1. The topological polar surface area (TPSA) is 70.5 Å². The number of ether oxygens (including phenoxy) is 2. The highest BCUT2D eigenvalue weighted by Gasteiger charge is 2.26. The Kier molecular flexibility index (Phi) is 3.57. The first-order valence-electron chi connectivity index (χ1n) is 6.04. The van der Waals surface area contributed by atoms with Gasteiger partial charge >= 0.3 is 0 Å². The molecular weight excluding hydrogens is 263 g/mol. The average Bonchev–Trinajstić information content (AvgIpc) is 2.82. The van der Waals surface area contributed by atoms with Gasteiger partial charge in [0, 0.05) is 17.2 Å². The molecule has 0 bridgehead atoms. The number of halogens is 1. The molecule has 108 valence electrons. The van der Waals surface area contributed by atoms with Crippen LogP contribution in [0.5, 0.6) is 11.5 Å². The summed E-state index contributed by atoms with van der Waals surface area (Å²) in [6, 6.07) is 4.82. The molecule has 0 aliphatic carbocycles. The van der Waals surface area contributed by atoms with E-state index in [-0.39, 0.29) is 5.88 Å². The van der Waals surface area contributed by atoms with Crippen LogP contribution in [0.2, 0.25) is 0 Å². The maximum absolute atomic E-state index is 14.2. The zero-order chi connectivity index (χ0) is 14.9. The molecule has 0 atom stereocenters. The van der Waals surface area contributed by atoms with Crippen LogP contribution in [0.25, 0.3) is 11.3 Å². The first kappa shape index (κ1) is 14.2. The Morgan fingerprint density at radius 1 is 1.15 bits per heavy atom. The smallest absolute Gasteiger partial charge is 0.222 e. The molecular formula is C14H17FN2O3. The molecule has 0 radical (unpaired) electrons. The van der Waals surface area contributed by atoms with Crippen molar-refractivity contribution in [1.82, 2.24) is 5.16 Å².